The van der Waals surface area contributed by atoms with Gasteiger partial charge in [-0.1, -0.05) is 106 Å². The van der Waals surface area contributed by atoms with E-state index in [1.165, 1.54) is 29.2 Å². The van der Waals surface area contributed by atoms with Crippen molar-refractivity contribution < 1.29 is 18.0 Å². The Hall–Kier alpha value is -3.37. The predicted octanol–water partition coefficient (Wildman–Crippen LogP) is 7.81. The molecule has 11 heteroatoms. The summed E-state index contributed by atoms with van der Waals surface area (Å²) >= 11 is 16.3. The van der Waals surface area contributed by atoms with E-state index in [0.717, 1.165) is 25.5 Å². The molecule has 0 saturated heterocycles. The lowest BCUT2D eigenvalue weighted by Crippen LogP contribution is -2.54. The first-order chi connectivity index (χ1) is 21.9. The monoisotopic (exact) mass is 743 g/mol. The van der Waals surface area contributed by atoms with E-state index in [-0.39, 0.29) is 45.5 Å². The average Bonchev–Trinajstić information content (AvgIpc) is 3.04. The van der Waals surface area contributed by atoms with Gasteiger partial charge in [-0.15, -0.1) is 0 Å². The Morgan fingerprint density at radius 2 is 1.54 bits per heavy atom. The molecule has 0 unspecified atom stereocenters. The Labute approximate surface area is 289 Å². The molecule has 0 aromatic heterocycles. The van der Waals surface area contributed by atoms with Crippen LogP contribution in [-0.4, -0.2) is 43.8 Å². The summed E-state index contributed by atoms with van der Waals surface area (Å²) < 4.78 is 30.2. The van der Waals surface area contributed by atoms with Gasteiger partial charge in [0.2, 0.25) is 11.8 Å². The number of halogens is 3. The molecule has 0 aliphatic carbocycles. The number of carbonyl (C=O) groups excluding carboxylic acids is 2. The van der Waals surface area contributed by atoms with Crippen LogP contribution in [0.1, 0.15) is 37.0 Å². The lowest BCUT2D eigenvalue weighted by molar-refractivity contribution is -0.140. The highest BCUT2D eigenvalue weighted by atomic mass is 79.9. The number of benzene rings is 4. The number of anilines is 1. The van der Waals surface area contributed by atoms with Crippen LogP contribution in [0, 0.1) is 6.92 Å². The highest BCUT2D eigenvalue weighted by Crippen LogP contribution is 2.33. The van der Waals surface area contributed by atoms with Crippen LogP contribution >= 0.6 is 39.1 Å². The summed E-state index contributed by atoms with van der Waals surface area (Å²) in [5, 5.41) is 3.38. The third kappa shape index (κ3) is 9.12. The molecule has 0 radical (unpaired) electrons. The van der Waals surface area contributed by atoms with Crippen molar-refractivity contribution in [2.45, 2.75) is 57.1 Å². The van der Waals surface area contributed by atoms with Crippen molar-refractivity contribution in [3.05, 3.63) is 128 Å². The minimum Gasteiger partial charge on any atom is -0.352 e. The molecule has 4 aromatic carbocycles. The maximum atomic E-state index is 14.6. The molecule has 7 nitrogen and oxygen atoms in total. The van der Waals surface area contributed by atoms with Crippen molar-refractivity contribution in [3.63, 3.8) is 0 Å². The highest BCUT2D eigenvalue weighted by molar-refractivity contribution is 9.10. The average molecular weight is 746 g/mol. The summed E-state index contributed by atoms with van der Waals surface area (Å²) in [4.78, 5) is 29.9. The number of hydrogen-bond donors (Lipinski definition) is 1. The molecule has 242 valence electrons. The molecule has 0 saturated carbocycles. The number of carbonyl (C=O) groups is 2. The quantitative estimate of drug-likeness (QED) is 0.151. The fourth-order valence-corrected chi connectivity index (χ4v) is 6.93. The maximum Gasteiger partial charge on any atom is 0.264 e. The normalized spacial score (nSPS) is 12.7. The first kappa shape index (κ1) is 35.5. The first-order valence-corrected chi connectivity index (χ1v) is 17.8. The topological polar surface area (TPSA) is 86.8 Å². The minimum atomic E-state index is -4.31. The van der Waals surface area contributed by atoms with Gasteiger partial charge in [-0.2, -0.15) is 0 Å². The second-order valence-corrected chi connectivity index (χ2v) is 14.7. The predicted molar refractivity (Wildman–Crippen MR) is 189 cm³/mol. The number of hydrogen-bond acceptors (Lipinski definition) is 4. The molecule has 0 bridgehead atoms. The Balaban J connectivity index is 1.83. The molecule has 2 amide bonds. The minimum absolute atomic E-state index is 0.0169. The van der Waals surface area contributed by atoms with Gasteiger partial charge in [0.15, 0.2) is 0 Å². The Bertz CT molecular complexity index is 1760. The third-order valence-corrected chi connectivity index (χ3v) is 10.5. The summed E-state index contributed by atoms with van der Waals surface area (Å²) in [5.41, 5.74) is 2.54. The second kappa shape index (κ2) is 16.0. The smallest absolute Gasteiger partial charge is 0.264 e. The van der Waals surface area contributed by atoms with Crippen molar-refractivity contribution in [1.29, 1.82) is 0 Å². The van der Waals surface area contributed by atoms with Crippen LogP contribution in [0.25, 0.3) is 0 Å². The molecule has 1 N–H and O–H groups in total. The van der Waals surface area contributed by atoms with Crippen molar-refractivity contribution in [1.82, 2.24) is 10.2 Å². The molecule has 2 atom stereocenters. The summed E-state index contributed by atoms with van der Waals surface area (Å²) in [5.74, 6) is -0.924. The van der Waals surface area contributed by atoms with E-state index < -0.39 is 28.5 Å². The van der Waals surface area contributed by atoms with Gasteiger partial charge in [0.05, 0.1) is 15.6 Å². The van der Waals surface area contributed by atoms with Gasteiger partial charge < -0.3 is 10.2 Å². The van der Waals surface area contributed by atoms with Crippen molar-refractivity contribution >= 4 is 66.7 Å². The summed E-state index contributed by atoms with van der Waals surface area (Å²) in [6.45, 7) is 5.14. The fraction of sp³-hybridized carbons (Fsp3) is 0.257. The lowest BCUT2D eigenvalue weighted by Gasteiger charge is -2.34. The van der Waals surface area contributed by atoms with E-state index in [2.05, 4.69) is 21.2 Å². The van der Waals surface area contributed by atoms with Crippen LogP contribution in [-0.2, 0) is 32.6 Å². The fourth-order valence-electron chi connectivity index (χ4n) is 4.81. The number of sulfonamides is 1. The molecule has 0 heterocycles. The maximum absolute atomic E-state index is 14.6. The van der Waals surface area contributed by atoms with Crippen LogP contribution in [0.3, 0.4) is 0 Å². The van der Waals surface area contributed by atoms with Gasteiger partial charge in [-0.05, 0) is 73.9 Å². The lowest BCUT2D eigenvalue weighted by atomic mass is 10.0. The number of aryl methyl sites for hydroxylation is 1. The number of nitrogens with one attached hydrogen (secondary N) is 1. The Kier molecular flexibility index (Phi) is 12.3. The van der Waals surface area contributed by atoms with Crippen LogP contribution in [0.15, 0.2) is 106 Å². The summed E-state index contributed by atoms with van der Waals surface area (Å²) in [6.07, 6.45) is 0.911. The Morgan fingerprint density at radius 3 is 2.17 bits per heavy atom. The summed E-state index contributed by atoms with van der Waals surface area (Å²) in [7, 11) is -4.31. The number of rotatable bonds is 13. The highest BCUT2D eigenvalue weighted by Gasteiger charge is 2.35. The zero-order valence-corrected chi connectivity index (χ0v) is 29.7. The first-order valence-electron chi connectivity index (χ1n) is 14.8. The van der Waals surface area contributed by atoms with E-state index in [1.54, 1.807) is 18.2 Å². The zero-order valence-electron chi connectivity index (χ0n) is 25.8. The molecular formula is C35H36BrCl2N3O4S. The standard InChI is InChI=1S/C35H36BrCl2N3O4S/c1-4-25(3)39-35(43)33(20-26-8-6-5-7-9-26)40(22-27-12-14-28(36)15-13-27)34(42)23-41(32-21-29(37)16-19-31(32)38)46(44,45)30-17-10-24(2)11-18-30/h5-19,21,25,33H,4,20,22-23H2,1-3H3,(H,39,43)/t25-,33+/m0/s1. The Morgan fingerprint density at radius 1 is 0.891 bits per heavy atom. The van der Waals surface area contributed by atoms with Crippen LogP contribution in [0.2, 0.25) is 10.0 Å². The van der Waals surface area contributed by atoms with E-state index in [9.17, 15) is 18.0 Å². The number of amides is 2. The van der Waals surface area contributed by atoms with Crippen LogP contribution in [0.5, 0.6) is 0 Å². The van der Waals surface area contributed by atoms with Gasteiger partial charge in [-0.25, -0.2) is 8.42 Å². The van der Waals surface area contributed by atoms with E-state index in [1.807, 2.05) is 75.4 Å². The van der Waals surface area contributed by atoms with E-state index in [0.29, 0.717) is 6.42 Å². The van der Waals surface area contributed by atoms with Crippen LogP contribution < -0.4 is 9.62 Å². The van der Waals surface area contributed by atoms with Gasteiger partial charge in [-0.3, -0.25) is 13.9 Å². The molecule has 0 aliphatic heterocycles. The molecule has 0 fully saturated rings. The third-order valence-electron chi connectivity index (χ3n) is 7.60. The van der Waals surface area contributed by atoms with Gasteiger partial charge in [0.1, 0.15) is 12.6 Å². The number of nitrogens with zero attached hydrogens (tertiary/aromatic N) is 2. The molecular weight excluding hydrogens is 709 g/mol. The zero-order chi connectivity index (χ0) is 33.4. The largest absolute Gasteiger partial charge is 0.352 e. The van der Waals surface area contributed by atoms with Crippen molar-refractivity contribution in [2.24, 2.45) is 0 Å². The summed E-state index contributed by atoms with van der Waals surface area (Å²) in [6, 6.07) is 26.5. The van der Waals surface area contributed by atoms with Gasteiger partial charge in [0.25, 0.3) is 10.0 Å². The van der Waals surface area contributed by atoms with Crippen LogP contribution in [0.4, 0.5) is 5.69 Å². The molecule has 4 rings (SSSR count). The molecule has 0 spiro atoms. The van der Waals surface area contributed by atoms with Crippen molar-refractivity contribution in [3.8, 4) is 0 Å². The second-order valence-electron chi connectivity index (χ2n) is 11.1. The van der Waals surface area contributed by atoms with Crippen molar-refractivity contribution in [2.75, 3.05) is 10.8 Å². The van der Waals surface area contributed by atoms with E-state index in [4.69, 9.17) is 23.2 Å². The molecule has 0 aliphatic rings. The van der Waals surface area contributed by atoms with E-state index >= 15 is 0 Å². The molecule has 4 aromatic rings. The van der Waals surface area contributed by atoms with Gasteiger partial charge >= 0.3 is 0 Å². The molecule has 46 heavy (non-hydrogen) atoms. The van der Waals surface area contributed by atoms with Gasteiger partial charge in [0, 0.05) is 28.5 Å². The SMILES string of the molecule is CC[C@H](C)NC(=O)[C@@H](Cc1ccccc1)N(Cc1ccc(Br)cc1)C(=O)CN(c1cc(Cl)ccc1Cl)S(=O)(=O)c1ccc(C)cc1.